The van der Waals surface area contributed by atoms with Crippen LogP contribution in [0.1, 0.15) is 51.1 Å². The van der Waals surface area contributed by atoms with E-state index in [2.05, 4.69) is 42.6 Å². The monoisotopic (exact) mass is 249 g/mol. The molecule has 0 fully saturated rings. The Kier molecular flexibility index (Phi) is 8.53. The van der Waals surface area contributed by atoms with Gasteiger partial charge in [-0.3, -0.25) is 0 Å². The zero-order valence-corrected chi connectivity index (χ0v) is 11.8. The van der Waals surface area contributed by atoms with Crippen molar-refractivity contribution in [3.05, 3.63) is 35.9 Å². The van der Waals surface area contributed by atoms with Gasteiger partial charge in [0.1, 0.15) is 0 Å². The van der Waals surface area contributed by atoms with Crippen LogP contribution >= 0.6 is 0 Å². The summed E-state index contributed by atoms with van der Waals surface area (Å²) >= 11 is 0. The highest BCUT2D eigenvalue weighted by molar-refractivity contribution is 5.18. The molecule has 2 heteroatoms. The normalized spacial score (nSPS) is 12.6. The largest absolute Gasteiger partial charge is 0.380 e. The molecule has 0 spiro atoms. The second kappa shape index (κ2) is 10.1. The van der Waals surface area contributed by atoms with Crippen molar-refractivity contribution in [3.8, 4) is 0 Å². The van der Waals surface area contributed by atoms with Gasteiger partial charge < -0.3 is 10.1 Å². The minimum atomic E-state index is 0.471. The van der Waals surface area contributed by atoms with E-state index in [-0.39, 0.29) is 0 Å². The zero-order valence-electron chi connectivity index (χ0n) is 11.8. The molecule has 1 N–H and O–H groups in total. The van der Waals surface area contributed by atoms with E-state index in [1.54, 1.807) is 0 Å². The van der Waals surface area contributed by atoms with Crippen molar-refractivity contribution in [2.45, 2.75) is 45.6 Å². The van der Waals surface area contributed by atoms with E-state index in [1.807, 2.05) is 6.92 Å². The van der Waals surface area contributed by atoms with Crippen LogP contribution in [0, 0.1) is 0 Å². The van der Waals surface area contributed by atoms with Gasteiger partial charge in [-0.05, 0) is 18.9 Å². The molecule has 1 aromatic rings. The molecule has 1 unspecified atom stereocenters. The smallest absolute Gasteiger partial charge is 0.0590 e. The molecule has 0 heterocycles. The summed E-state index contributed by atoms with van der Waals surface area (Å²) in [6.45, 7) is 6.82. The Hall–Kier alpha value is -0.860. The first-order valence-corrected chi connectivity index (χ1v) is 7.24. The molecule has 102 valence electrons. The fraction of sp³-hybridized carbons (Fsp3) is 0.625. The molecule has 1 rings (SSSR count). The SMILES string of the molecule is CCCCCC(NCCOCC)c1ccccc1. The van der Waals surface area contributed by atoms with Crippen LogP contribution in [-0.2, 0) is 4.74 Å². The highest BCUT2D eigenvalue weighted by Gasteiger charge is 2.09. The Morgan fingerprint density at radius 1 is 1.11 bits per heavy atom. The van der Waals surface area contributed by atoms with Crippen LogP contribution in [0.3, 0.4) is 0 Å². The van der Waals surface area contributed by atoms with Crippen LogP contribution in [-0.4, -0.2) is 19.8 Å². The van der Waals surface area contributed by atoms with Gasteiger partial charge in [-0.25, -0.2) is 0 Å². The van der Waals surface area contributed by atoms with E-state index in [9.17, 15) is 0 Å². The van der Waals surface area contributed by atoms with Crippen molar-refractivity contribution < 1.29 is 4.74 Å². The van der Waals surface area contributed by atoms with Crippen LogP contribution in [0.2, 0.25) is 0 Å². The van der Waals surface area contributed by atoms with Gasteiger partial charge in [-0.1, -0.05) is 56.5 Å². The lowest BCUT2D eigenvalue weighted by atomic mass is 10.0. The third kappa shape index (κ3) is 6.18. The van der Waals surface area contributed by atoms with Gasteiger partial charge in [-0.2, -0.15) is 0 Å². The summed E-state index contributed by atoms with van der Waals surface area (Å²) in [6, 6.07) is 11.2. The summed E-state index contributed by atoms with van der Waals surface area (Å²) < 4.78 is 5.38. The molecular weight excluding hydrogens is 222 g/mol. The summed E-state index contributed by atoms with van der Waals surface area (Å²) in [6.07, 6.45) is 5.10. The predicted octanol–water partition coefficient (Wildman–Crippen LogP) is 3.93. The van der Waals surface area contributed by atoms with Gasteiger partial charge in [0.05, 0.1) is 6.61 Å². The Balaban J connectivity index is 2.42. The number of hydrogen-bond acceptors (Lipinski definition) is 2. The fourth-order valence-corrected chi connectivity index (χ4v) is 2.12. The third-order valence-electron chi connectivity index (χ3n) is 3.14. The van der Waals surface area contributed by atoms with Crippen molar-refractivity contribution in [3.63, 3.8) is 0 Å². The van der Waals surface area contributed by atoms with E-state index in [4.69, 9.17) is 4.74 Å². The van der Waals surface area contributed by atoms with Gasteiger partial charge in [-0.15, -0.1) is 0 Å². The number of rotatable bonds is 10. The zero-order chi connectivity index (χ0) is 13.1. The average Bonchev–Trinajstić information content (AvgIpc) is 2.42. The van der Waals surface area contributed by atoms with Crippen molar-refractivity contribution in [2.24, 2.45) is 0 Å². The number of unbranched alkanes of at least 4 members (excludes halogenated alkanes) is 2. The Morgan fingerprint density at radius 2 is 1.89 bits per heavy atom. The highest BCUT2D eigenvalue weighted by Crippen LogP contribution is 2.19. The van der Waals surface area contributed by atoms with Crippen molar-refractivity contribution in [1.29, 1.82) is 0 Å². The lowest BCUT2D eigenvalue weighted by Crippen LogP contribution is -2.25. The van der Waals surface area contributed by atoms with Crippen molar-refractivity contribution in [2.75, 3.05) is 19.8 Å². The first-order chi connectivity index (χ1) is 8.88. The Labute approximate surface area is 112 Å². The molecule has 0 saturated heterocycles. The number of ether oxygens (including phenoxy) is 1. The average molecular weight is 249 g/mol. The quantitative estimate of drug-likeness (QED) is 0.634. The van der Waals surface area contributed by atoms with Crippen LogP contribution in [0.4, 0.5) is 0 Å². The molecule has 0 radical (unpaired) electrons. The fourth-order valence-electron chi connectivity index (χ4n) is 2.12. The van der Waals surface area contributed by atoms with Gasteiger partial charge in [0.25, 0.3) is 0 Å². The molecule has 0 aliphatic rings. The van der Waals surface area contributed by atoms with E-state index < -0.39 is 0 Å². The lowest BCUT2D eigenvalue weighted by molar-refractivity contribution is 0.146. The maximum absolute atomic E-state index is 5.38. The summed E-state index contributed by atoms with van der Waals surface area (Å²) in [7, 11) is 0. The Bertz CT molecular complexity index is 286. The molecule has 2 nitrogen and oxygen atoms in total. The molecule has 0 amide bonds. The lowest BCUT2D eigenvalue weighted by Gasteiger charge is -2.19. The summed E-state index contributed by atoms with van der Waals surface area (Å²) in [4.78, 5) is 0. The predicted molar refractivity (Wildman–Crippen MR) is 77.8 cm³/mol. The minimum absolute atomic E-state index is 0.471. The van der Waals surface area contributed by atoms with Crippen LogP contribution in [0.25, 0.3) is 0 Å². The second-order valence-corrected chi connectivity index (χ2v) is 4.61. The van der Waals surface area contributed by atoms with E-state index in [0.29, 0.717) is 6.04 Å². The first kappa shape index (κ1) is 15.2. The first-order valence-electron chi connectivity index (χ1n) is 7.24. The molecule has 0 bridgehead atoms. The van der Waals surface area contributed by atoms with E-state index in [0.717, 1.165) is 19.8 Å². The number of benzene rings is 1. The maximum atomic E-state index is 5.38. The summed E-state index contributed by atoms with van der Waals surface area (Å²) in [5.74, 6) is 0. The van der Waals surface area contributed by atoms with Crippen molar-refractivity contribution in [1.82, 2.24) is 5.32 Å². The molecule has 0 saturated carbocycles. The number of nitrogens with one attached hydrogen (secondary N) is 1. The summed E-state index contributed by atoms with van der Waals surface area (Å²) in [5.41, 5.74) is 1.39. The molecule has 1 aromatic carbocycles. The van der Waals surface area contributed by atoms with Crippen LogP contribution in [0.15, 0.2) is 30.3 Å². The van der Waals surface area contributed by atoms with Gasteiger partial charge >= 0.3 is 0 Å². The second-order valence-electron chi connectivity index (χ2n) is 4.61. The third-order valence-corrected chi connectivity index (χ3v) is 3.14. The maximum Gasteiger partial charge on any atom is 0.0590 e. The van der Waals surface area contributed by atoms with Gasteiger partial charge in [0.2, 0.25) is 0 Å². The van der Waals surface area contributed by atoms with Gasteiger partial charge in [0.15, 0.2) is 0 Å². The Morgan fingerprint density at radius 3 is 2.56 bits per heavy atom. The van der Waals surface area contributed by atoms with E-state index in [1.165, 1.54) is 31.2 Å². The molecule has 0 aliphatic heterocycles. The van der Waals surface area contributed by atoms with Crippen molar-refractivity contribution >= 4 is 0 Å². The topological polar surface area (TPSA) is 21.3 Å². The standard InChI is InChI=1S/C16H27NO/c1-3-5-7-12-16(17-13-14-18-4-2)15-10-8-6-9-11-15/h6,8-11,16-17H,3-5,7,12-14H2,1-2H3. The minimum Gasteiger partial charge on any atom is -0.380 e. The molecule has 0 aromatic heterocycles. The molecular formula is C16H27NO. The molecule has 18 heavy (non-hydrogen) atoms. The van der Waals surface area contributed by atoms with E-state index >= 15 is 0 Å². The highest BCUT2D eigenvalue weighted by atomic mass is 16.5. The molecule has 0 aliphatic carbocycles. The summed E-state index contributed by atoms with van der Waals surface area (Å²) in [5, 5.41) is 3.60. The molecule has 1 atom stereocenters. The van der Waals surface area contributed by atoms with Crippen LogP contribution < -0.4 is 5.32 Å². The number of hydrogen-bond donors (Lipinski definition) is 1. The van der Waals surface area contributed by atoms with Gasteiger partial charge in [0, 0.05) is 19.2 Å². The van der Waals surface area contributed by atoms with Crippen LogP contribution in [0.5, 0.6) is 0 Å².